The molecule has 0 aliphatic rings. The number of allylic oxidation sites excluding steroid dienone is 1. The number of aryl methyl sites for hydroxylation is 1. The first-order valence-corrected chi connectivity index (χ1v) is 12.8. The molecule has 0 spiro atoms. The molecule has 5 rings (SSSR count). The Hall–Kier alpha value is -3.84. The third-order valence-electron chi connectivity index (χ3n) is 6.04. The maximum absolute atomic E-state index is 4.81. The molecule has 3 aromatic heterocycles. The number of hydrogen-bond donors (Lipinski definition) is 1. The van der Waals surface area contributed by atoms with E-state index in [9.17, 15) is 0 Å². The van der Waals surface area contributed by atoms with Gasteiger partial charge in [-0.05, 0) is 51.1 Å². The van der Waals surface area contributed by atoms with Crippen LogP contribution in [0.5, 0.6) is 0 Å². The van der Waals surface area contributed by atoms with Gasteiger partial charge in [0.15, 0.2) is 5.82 Å². The second kappa shape index (κ2) is 11.1. The Kier molecular flexibility index (Phi) is 7.24. The van der Waals surface area contributed by atoms with Gasteiger partial charge >= 0.3 is 0 Å². The number of H-pyrrole nitrogens is 1. The number of unbranched alkanes of at least 4 members (excludes halogenated alkanes) is 1. The molecule has 7 heteroatoms. The van der Waals surface area contributed by atoms with Crippen molar-refractivity contribution in [3.63, 3.8) is 0 Å². The van der Waals surface area contributed by atoms with Crippen LogP contribution >= 0.6 is 11.3 Å². The van der Waals surface area contributed by atoms with Crippen molar-refractivity contribution >= 4 is 23.0 Å². The summed E-state index contributed by atoms with van der Waals surface area (Å²) in [6.45, 7) is 2.98. The summed E-state index contributed by atoms with van der Waals surface area (Å²) in [4.78, 5) is 6.07. The molecule has 0 amide bonds. The number of aromatic nitrogens is 6. The minimum Gasteiger partial charge on any atom is -0.324 e. The molecule has 0 fully saturated rings. The Balaban J connectivity index is 1.47. The molecule has 35 heavy (non-hydrogen) atoms. The monoisotopic (exact) mass is 480 g/mol. The quantitative estimate of drug-likeness (QED) is 0.255. The molecule has 0 saturated carbocycles. The molecule has 3 heterocycles. The van der Waals surface area contributed by atoms with Gasteiger partial charge in [0, 0.05) is 29.8 Å². The van der Waals surface area contributed by atoms with Gasteiger partial charge < -0.3 is 4.57 Å². The highest BCUT2D eigenvalue weighted by atomic mass is 32.1. The van der Waals surface area contributed by atoms with Crippen molar-refractivity contribution in [2.45, 2.75) is 39.2 Å². The van der Waals surface area contributed by atoms with E-state index in [1.807, 2.05) is 12.3 Å². The van der Waals surface area contributed by atoms with Crippen molar-refractivity contribution in [1.82, 2.24) is 30.2 Å². The number of hydrogen-bond acceptors (Lipinski definition) is 5. The van der Waals surface area contributed by atoms with Gasteiger partial charge in [-0.25, -0.2) is 10.1 Å². The summed E-state index contributed by atoms with van der Waals surface area (Å²) >= 11 is 1.74. The van der Waals surface area contributed by atoms with Crippen LogP contribution in [0.1, 0.15) is 47.5 Å². The highest BCUT2D eigenvalue weighted by molar-refractivity contribution is 7.10. The zero-order chi connectivity index (χ0) is 23.9. The molecular weight excluding hydrogens is 452 g/mol. The Labute approximate surface area is 209 Å². The lowest BCUT2D eigenvalue weighted by molar-refractivity contribution is 0.675. The molecule has 0 bridgehead atoms. The topological polar surface area (TPSA) is 72.3 Å². The fourth-order valence-corrected chi connectivity index (χ4v) is 4.88. The van der Waals surface area contributed by atoms with Crippen LogP contribution in [0, 0.1) is 0 Å². The number of nitrogens with one attached hydrogen (secondary N) is 1. The second-order valence-electron chi connectivity index (χ2n) is 8.53. The number of benzene rings is 2. The molecule has 2 aromatic carbocycles. The van der Waals surface area contributed by atoms with Crippen molar-refractivity contribution in [2.24, 2.45) is 0 Å². The van der Waals surface area contributed by atoms with Gasteiger partial charge in [-0.1, -0.05) is 74.0 Å². The average molecular weight is 481 g/mol. The molecular formula is C28H28N6S. The summed E-state index contributed by atoms with van der Waals surface area (Å²) in [7, 11) is 0. The smallest absolute Gasteiger partial charge is 0.175 e. The van der Waals surface area contributed by atoms with E-state index in [-0.39, 0.29) is 0 Å². The zero-order valence-electron chi connectivity index (χ0n) is 19.8. The Morgan fingerprint density at radius 2 is 1.83 bits per heavy atom. The average Bonchev–Trinajstić information content (AvgIpc) is 3.67. The van der Waals surface area contributed by atoms with Gasteiger partial charge in [0.25, 0.3) is 0 Å². The normalized spacial score (nSPS) is 11.7. The Morgan fingerprint density at radius 3 is 2.54 bits per heavy atom. The maximum atomic E-state index is 4.81. The van der Waals surface area contributed by atoms with Crippen molar-refractivity contribution in [3.8, 4) is 11.1 Å². The van der Waals surface area contributed by atoms with Gasteiger partial charge in [-0.15, -0.1) is 16.4 Å². The van der Waals surface area contributed by atoms with Crippen LogP contribution in [-0.2, 0) is 19.4 Å². The number of rotatable bonds is 10. The van der Waals surface area contributed by atoms with E-state index in [4.69, 9.17) is 4.98 Å². The molecule has 6 nitrogen and oxygen atoms in total. The Morgan fingerprint density at radius 1 is 1.00 bits per heavy atom. The van der Waals surface area contributed by atoms with Gasteiger partial charge in [0.1, 0.15) is 5.82 Å². The van der Waals surface area contributed by atoms with Crippen molar-refractivity contribution in [2.75, 3.05) is 0 Å². The lowest BCUT2D eigenvalue weighted by Crippen LogP contribution is -2.08. The van der Waals surface area contributed by atoms with Gasteiger partial charge in [-0.3, -0.25) is 0 Å². The fourth-order valence-electron chi connectivity index (χ4n) is 4.15. The van der Waals surface area contributed by atoms with Crippen LogP contribution in [0.4, 0.5) is 0 Å². The lowest BCUT2D eigenvalue weighted by Gasteiger charge is -2.12. The second-order valence-corrected chi connectivity index (χ2v) is 9.56. The highest BCUT2D eigenvalue weighted by Gasteiger charge is 2.14. The van der Waals surface area contributed by atoms with Gasteiger partial charge in [0.2, 0.25) is 0 Å². The number of imidazole rings is 1. The fraction of sp³-hybridized carbons (Fsp3) is 0.214. The highest BCUT2D eigenvalue weighted by Crippen LogP contribution is 2.25. The number of thiophene rings is 1. The molecule has 0 aliphatic carbocycles. The molecule has 0 atom stereocenters. The summed E-state index contributed by atoms with van der Waals surface area (Å²) in [5.74, 6) is 1.80. The van der Waals surface area contributed by atoms with E-state index in [0.717, 1.165) is 49.3 Å². The van der Waals surface area contributed by atoms with E-state index >= 15 is 0 Å². The van der Waals surface area contributed by atoms with Gasteiger partial charge in [-0.2, -0.15) is 0 Å². The molecule has 0 radical (unpaired) electrons. The molecule has 0 unspecified atom stereocenters. The van der Waals surface area contributed by atoms with E-state index in [1.165, 1.54) is 21.6 Å². The predicted molar refractivity (Wildman–Crippen MR) is 142 cm³/mol. The molecule has 5 aromatic rings. The van der Waals surface area contributed by atoms with E-state index in [1.54, 1.807) is 11.3 Å². The summed E-state index contributed by atoms with van der Waals surface area (Å²) in [5.41, 5.74) is 5.80. The summed E-state index contributed by atoms with van der Waals surface area (Å²) in [6.07, 6.45) is 8.11. The van der Waals surface area contributed by atoms with Crippen LogP contribution < -0.4 is 0 Å². The summed E-state index contributed by atoms with van der Waals surface area (Å²) in [5, 5.41) is 16.8. The van der Waals surface area contributed by atoms with Crippen LogP contribution in [0.3, 0.4) is 0 Å². The SMILES string of the molecule is CCCCc1ncc(/C=C(/Cc2cccs2)c2nnn[nH]2)n1Cc1ccc(-c2ccccc2)cc1. The number of nitrogens with zero attached hydrogens (tertiary/aromatic N) is 5. The molecule has 176 valence electrons. The molecule has 0 saturated heterocycles. The largest absolute Gasteiger partial charge is 0.324 e. The Bertz CT molecular complexity index is 1350. The first-order valence-electron chi connectivity index (χ1n) is 12.0. The van der Waals surface area contributed by atoms with Crippen LogP contribution in [0.2, 0.25) is 0 Å². The van der Waals surface area contributed by atoms with Crippen molar-refractivity contribution < 1.29 is 0 Å². The first kappa shape index (κ1) is 22.9. The molecule has 0 aliphatic heterocycles. The van der Waals surface area contributed by atoms with Crippen molar-refractivity contribution in [3.05, 3.63) is 106 Å². The molecule has 1 N–H and O–H groups in total. The van der Waals surface area contributed by atoms with Crippen LogP contribution in [0.15, 0.2) is 78.3 Å². The third-order valence-corrected chi connectivity index (χ3v) is 6.92. The number of tetrazole rings is 1. The van der Waals surface area contributed by atoms with Crippen molar-refractivity contribution in [1.29, 1.82) is 0 Å². The standard InChI is InChI=1S/C28H28N6S/c1-2-3-11-27-29-19-25(17-24(28-30-32-33-31-28)18-26-10-7-16-35-26)34(27)20-21-12-14-23(15-13-21)22-8-5-4-6-9-22/h4-10,12-17,19H,2-3,11,18,20H2,1H3,(H,30,31,32,33)/b24-17-. The van der Waals surface area contributed by atoms with Crippen LogP contribution in [0.25, 0.3) is 22.8 Å². The number of aromatic amines is 1. The zero-order valence-corrected chi connectivity index (χ0v) is 20.6. The van der Waals surface area contributed by atoms with Crippen LogP contribution in [-0.4, -0.2) is 30.2 Å². The van der Waals surface area contributed by atoms with Gasteiger partial charge in [0.05, 0.1) is 11.9 Å². The van der Waals surface area contributed by atoms with E-state index in [2.05, 4.69) is 104 Å². The maximum Gasteiger partial charge on any atom is 0.175 e. The summed E-state index contributed by atoms with van der Waals surface area (Å²) in [6, 6.07) is 23.5. The minimum atomic E-state index is 0.688. The third kappa shape index (κ3) is 5.63. The summed E-state index contributed by atoms with van der Waals surface area (Å²) < 4.78 is 2.32. The minimum absolute atomic E-state index is 0.688. The van der Waals surface area contributed by atoms with E-state index in [0.29, 0.717) is 5.82 Å². The predicted octanol–water partition coefficient (Wildman–Crippen LogP) is 6.30. The lowest BCUT2D eigenvalue weighted by atomic mass is 10.0. The first-order chi connectivity index (χ1) is 17.3. The van der Waals surface area contributed by atoms with E-state index < -0.39 is 0 Å².